The maximum Gasteiger partial charge on any atom is 0.276 e. The fourth-order valence-electron chi connectivity index (χ4n) is 2.16. The molecule has 2 rings (SSSR count). The van der Waals surface area contributed by atoms with Gasteiger partial charge in [0.25, 0.3) is 11.8 Å². The molecule has 2 N–H and O–H groups in total. The molecule has 0 aromatic heterocycles. The van der Waals surface area contributed by atoms with Crippen LogP contribution in [0.4, 0.5) is 0 Å². The summed E-state index contributed by atoms with van der Waals surface area (Å²) in [5.41, 5.74) is 6.23. The van der Waals surface area contributed by atoms with E-state index in [0.717, 1.165) is 10.9 Å². The summed E-state index contributed by atoms with van der Waals surface area (Å²) in [5.74, 6) is 0.113. The normalized spacial score (nSPS) is 11.5. The van der Waals surface area contributed by atoms with E-state index >= 15 is 0 Å². The Morgan fingerprint density at radius 3 is 2.46 bits per heavy atom. The molecule has 7 heteroatoms. The van der Waals surface area contributed by atoms with Crippen molar-refractivity contribution in [1.29, 1.82) is 0 Å². The summed E-state index contributed by atoms with van der Waals surface area (Å²) in [7, 11) is 0. The maximum absolute atomic E-state index is 11.9. The molecule has 0 bridgehead atoms. The summed E-state index contributed by atoms with van der Waals surface area (Å²) in [5, 5.41) is 0.531. The van der Waals surface area contributed by atoms with Crippen LogP contribution in [0.1, 0.15) is 42.1 Å². The number of halogens is 2. The van der Waals surface area contributed by atoms with Gasteiger partial charge in [0, 0.05) is 10.6 Å². The number of ether oxygens (including phenoxy) is 1. The highest BCUT2D eigenvalue weighted by Crippen LogP contribution is 2.29. The number of nitrogens with one attached hydrogen (secondary N) is 2. The predicted octanol–water partition coefficient (Wildman–Crippen LogP) is 4.46. The van der Waals surface area contributed by atoms with E-state index in [1.54, 1.807) is 24.3 Å². The van der Waals surface area contributed by atoms with Crippen molar-refractivity contribution in [2.75, 3.05) is 6.61 Å². The topological polar surface area (TPSA) is 67.4 Å². The quantitative estimate of drug-likeness (QED) is 0.653. The SMILES string of the molecule is CCC(C)c1ccc(OCC(=O)NNC(=O)c2ccc(Cl)cc2)c(Br)c1. The molecule has 26 heavy (non-hydrogen) atoms. The largest absolute Gasteiger partial charge is 0.483 e. The van der Waals surface area contributed by atoms with Crippen LogP contribution in [-0.2, 0) is 4.79 Å². The number of benzene rings is 2. The third kappa shape index (κ3) is 5.75. The Labute approximate surface area is 166 Å². The zero-order valence-corrected chi connectivity index (χ0v) is 16.9. The minimum atomic E-state index is -0.467. The van der Waals surface area contributed by atoms with Crippen molar-refractivity contribution in [3.63, 3.8) is 0 Å². The second kappa shape index (κ2) is 9.59. The lowest BCUT2D eigenvalue weighted by molar-refractivity contribution is -0.123. The summed E-state index contributed by atoms with van der Waals surface area (Å²) >= 11 is 9.23. The zero-order valence-electron chi connectivity index (χ0n) is 14.5. The third-order valence-electron chi connectivity index (χ3n) is 3.92. The monoisotopic (exact) mass is 438 g/mol. The fraction of sp³-hybridized carbons (Fsp3) is 0.263. The van der Waals surface area contributed by atoms with Crippen molar-refractivity contribution in [2.24, 2.45) is 0 Å². The number of rotatable bonds is 6. The standard InChI is InChI=1S/C19H20BrClN2O3/c1-3-12(2)14-6-9-17(16(20)10-14)26-11-18(24)22-23-19(25)13-4-7-15(21)8-5-13/h4-10,12H,3,11H2,1-2H3,(H,22,24)(H,23,25). The fourth-order valence-corrected chi connectivity index (χ4v) is 2.79. The smallest absolute Gasteiger partial charge is 0.276 e. The van der Waals surface area contributed by atoms with Crippen LogP contribution in [0, 0.1) is 0 Å². The molecule has 2 aromatic carbocycles. The Kier molecular flexibility index (Phi) is 7.48. The van der Waals surface area contributed by atoms with Gasteiger partial charge in [-0.05, 0) is 70.2 Å². The van der Waals surface area contributed by atoms with Crippen LogP contribution in [0.2, 0.25) is 5.02 Å². The average molecular weight is 440 g/mol. The molecule has 0 heterocycles. The van der Waals surface area contributed by atoms with Crippen LogP contribution in [0.3, 0.4) is 0 Å². The van der Waals surface area contributed by atoms with Gasteiger partial charge in [0.05, 0.1) is 4.47 Å². The highest BCUT2D eigenvalue weighted by Gasteiger charge is 2.10. The van der Waals surface area contributed by atoms with E-state index < -0.39 is 11.8 Å². The first-order valence-corrected chi connectivity index (χ1v) is 9.34. The molecule has 1 unspecified atom stereocenters. The van der Waals surface area contributed by atoms with E-state index in [9.17, 15) is 9.59 Å². The predicted molar refractivity (Wildman–Crippen MR) is 105 cm³/mol. The molecule has 5 nitrogen and oxygen atoms in total. The van der Waals surface area contributed by atoms with Crippen LogP contribution in [0.25, 0.3) is 0 Å². The van der Waals surface area contributed by atoms with Gasteiger partial charge >= 0.3 is 0 Å². The molecule has 0 aliphatic carbocycles. The molecule has 0 radical (unpaired) electrons. The van der Waals surface area contributed by atoms with E-state index in [2.05, 4.69) is 40.6 Å². The minimum Gasteiger partial charge on any atom is -0.483 e. The number of carbonyl (C=O) groups is 2. The van der Waals surface area contributed by atoms with Gasteiger partial charge in [-0.3, -0.25) is 20.4 Å². The van der Waals surface area contributed by atoms with Crippen LogP contribution in [-0.4, -0.2) is 18.4 Å². The Balaban J connectivity index is 1.83. The molecule has 2 amide bonds. The van der Waals surface area contributed by atoms with E-state index in [4.69, 9.17) is 16.3 Å². The molecule has 1 atom stereocenters. The lowest BCUT2D eigenvalue weighted by atomic mass is 9.99. The number of hydrogen-bond acceptors (Lipinski definition) is 3. The summed E-state index contributed by atoms with van der Waals surface area (Å²) in [6, 6.07) is 12.1. The van der Waals surface area contributed by atoms with Crippen molar-refractivity contribution in [2.45, 2.75) is 26.2 Å². The zero-order chi connectivity index (χ0) is 19.1. The Morgan fingerprint density at radius 1 is 1.15 bits per heavy atom. The molecule has 0 aliphatic heterocycles. The van der Waals surface area contributed by atoms with Gasteiger partial charge in [-0.15, -0.1) is 0 Å². The van der Waals surface area contributed by atoms with Crippen LogP contribution in [0.15, 0.2) is 46.9 Å². The molecule has 0 spiro atoms. The molecule has 138 valence electrons. The van der Waals surface area contributed by atoms with Crippen LogP contribution < -0.4 is 15.6 Å². The Hall–Kier alpha value is -2.05. The molecule has 2 aromatic rings. The maximum atomic E-state index is 11.9. The number of carbonyl (C=O) groups excluding carboxylic acids is 2. The highest BCUT2D eigenvalue weighted by atomic mass is 79.9. The summed E-state index contributed by atoms with van der Waals surface area (Å²) in [4.78, 5) is 23.8. The molecular formula is C19H20BrClN2O3. The first-order valence-electron chi connectivity index (χ1n) is 8.17. The summed E-state index contributed by atoms with van der Waals surface area (Å²) < 4.78 is 6.28. The average Bonchev–Trinajstić information content (AvgIpc) is 2.64. The van der Waals surface area contributed by atoms with Crippen molar-refractivity contribution in [3.8, 4) is 5.75 Å². The summed E-state index contributed by atoms with van der Waals surface area (Å²) in [6.07, 6.45) is 1.04. The van der Waals surface area contributed by atoms with Crippen LogP contribution >= 0.6 is 27.5 Å². The number of hydrogen-bond donors (Lipinski definition) is 2. The first kappa shape index (κ1) is 20.3. The van der Waals surface area contributed by atoms with Crippen molar-refractivity contribution in [3.05, 3.63) is 63.1 Å². The highest BCUT2D eigenvalue weighted by molar-refractivity contribution is 9.10. The van der Waals surface area contributed by atoms with Crippen LogP contribution in [0.5, 0.6) is 5.75 Å². The molecule has 0 aliphatic rings. The van der Waals surface area contributed by atoms with Gasteiger partial charge in [-0.25, -0.2) is 0 Å². The van der Waals surface area contributed by atoms with E-state index in [1.165, 1.54) is 5.56 Å². The molecule has 0 saturated heterocycles. The van der Waals surface area contributed by atoms with Gasteiger partial charge in [0.15, 0.2) is 6.61 Å². The van der Waals surface area contributed by atoms with Crippen molar-refractivity contribution < 1.29 is 14.3 Å². The second-order valence-electron chi connectivity index (χ2n) is 5.80. The third-order valence-corrected chi connectivity index (χ3v) is 4.79. The lowest BCUT2D eigenvalue weighted by Gasteiger charge is -2.13. The second-order valence-corrected chi connectivity index (χ2v) is 7.09. The molecule has 0 fully saturated rings. The first-order chi connectivity index (χ1) is 12.4. The van der Waals surface area contributed by atoms with E-state index in [-0.39, 0.29) is 6.61 Å². The minimum absolute atomic E-state index is 0.220. The van der Waals surface area contributed by atoms with Crippen molar-refractivity contribution >= 4 is 39.3 Å². The van der Waals surface area contributed by atoms with Gasteiger partial charge in [-0.2, -0.15) is 0 Å². The molecular weight excluding hydrogens is 420 g/mol. The molecule has 0 saturated carbocycles. The Morgan fingerprint density at radius 2 is 1.85 bits per heavy atom. The van der Waals surface area contributed by atoms with Gasteiger partial charge in [0.2, 0.25) is 0 Å². The van der Waals surface area contributed by atoms with E-state index in [0.29, 0.717) is 22.3 Å². The van der Waals surface area contributed by atoms with Crippen molar-refractivity contribution in [1.82, 2.24) is 10.9 Å². The summed E-state index contributed by atoms with van der Waals surface area (Å²) in [6.45, 7) is 4.06. The van der Waals surface area contributed by atoms with Gasteiger partial charge in [-0.1, -0.05) is 31.5 Å². The number of hydrazine groups is 1. The number of amides is 2. The van der Waals surface area contributed by atoms with Gasteiger partial charge < -0.3 is 4.74 Å². The van der Waals surface area contributed by atoms with E-state index in [1.807, 2.05) is 18.2 Å². The Bertz CT molecular complexity index is 781. The lowest BCUT2D eigenvalue weighted by Crippen LogP contribution is -2.43. The van der Waals surface area contributed by atoms with Gasteiger partial charge in [0.1, 0.15) is 5.75 Å².